The molecular formula is C20H23N3O5S. The maximum atomic E-state index is 12.8. The first-order valence-electron chi connectivity index (χ1n) is 9.27. The summed E-state index contributed by atoms with van der Waals surface area (Å²) in [7, 11) is -2.12. The van der Waals surface area contributed by atoms with Gasteiger partial charge in [0.2, 0.25) is 10.0 Å². The van der Waals surface area contributed by atoms with E-state index in [0.29, 0.717) is 24.4 Å². The van der Waals surface area contributed by atoms with Crippen molar-refractivity contribution in [3.05, 3.63) is 59.7 Å². The lowest BCUT2D eigenvalue weighted by molar-refractivity contribution is 0.0846. The molecule has 8 nitrogen and oxygen atoms in total. The smallest absolute Gasteiger partial charge is 0.269 e. The van der Waals surface area contributed by atoms with Crippen molar-refractivity contribution >= 4 is 21.8 Å². The Kier molecular flexibility index (Phi) is 6.50. The molecule has 0 radical (unpaired) electrons. The SMILES string of the molecule is COc1ccc(C(=O)NNC(=O)c2cccc(S(=O)(=O)N3CCCCC3)c2)cc1. The quantitative estimate of drug-likeness (QED) is 0.724. The first-order valence-corrected chi connectivity index (χ1v) is 10.7. The number of benzene rings is 2. The predicted octanol–water partition coefficient (Wildman–Crippen LogP) is 1.94. The molecule has 1 aliphatic rings. The van der Waals surface area contributed by atoms with Crippen LogP contribution in [0, 0.1) is 0 Å². The van der Waals surface area contributed by atoms with Crippen molar-refractivity contribution in [3.63, 3.8) is 0 Å². The van der Waals surface area contributed by atoms with Crippen LogP contribution in [0.1, 0.15) is 40.0 Å². The molecule has 1 fully saturated rings. The zero-order valence-electron chi connectivity index (χ0n) is 16.1. The number of methoxy groups -OCH3 is 1. The van der Waals surface area contributed by atoms with Gasteiger partial charge in [0, 0.05) is 24.2 Å². The minimum Gasteiger partial charge on any atom is -0.497 e. The molecule has 0 atom stereocenters. The third-order valence-corrected chi connectivity index (χ3v) is 6.59. The first-order chi connectivity index (χ1) is 13.9. The number of sulfonamides is 1. The van der Waals surface area contributed by atoms with Gasteiger partial charge in [0.05, 0.1) is 12.0 Å². The summed E-state index contributed by atoms with van der Waals surface area (Å²) in [5, 5.41) is 0. The molecule has 2 N–H and O–H groups in total. The van der Waals surface area contributed by atoms with Crippen molar-refractivity contribution in [1.82, 2.24) is 15.2 Å². The van der Waals surface area contributed by atoms with E-state index in [0.717, 1.165) is 19.3 Å². The standard InChI is InChI=1S/C20H23N3O5S/c1-28-17-10-8-15(9-11-17)19(24)21-22-20(25)16-6-5-7-18(14-16)29(26,27)23-12-3-2-4-13-23/h5-11,14H,2-4,12-13H2,1H3,(H,21,24)(H,22,25). The summed E-state index contributed by atoms with van der Waals surface area (Å²) in [6.07, 6.45) is 2.68. The lowest BCUT2D eigenvalue weighted by Crippen LogP contribution is -2.41. The molecule has 0 bridgehead atoms. The molecule has 9 heteroatoms. The van der Waals surface area contributed by atoms with Crippen LogP contribution in [-0.4, -0.2) is 44.7 Å². The highest BCUT2D eigenvalue weighted by Crippen LogP contribution is 2.21. The Labute approximate surface area is 169 Å². The summed E-state index contributed by atoms with van der Waals surface area (Å²) in [6, 6.07) is 12.2. The van der Waals surface area contributed by atoms with Crippen LogP contribution in [-0.2, 0) is 10.0 Å². The third kappa shape index (κ3) is 4.93. The van der Waals surface area contributed by atoms with Crippen LogP contribution < -0.4 is 15.6 Å². The fourth-order valence-electron chi connectivity index (χ4n) is 3.05. The average Bonchev–Trinajstić information content (AvgIpc) is 2.78. The second kappa shape index (κ2) is 9.06. The lowest BCUT2D eigenvalue weighted by atomic mass is 10.2. The Morgan fingerprint density at radius 1 is 0.897 bits per heavy atom. The Balaban J connectivity index is 1.66. The fraction of sp³-hybridized carbons (Fsp3) is 0.300. The van der Waals surface area contributed by atoms with Gasteiger partial charge in [-0.1, -0.05) is 12.5 Å². The number of carbonyl (C=O) groups excluding carboxylic acids is 2. The maximum Gasteiger partial charge on any atom is 0.269 e. The van der Waals surface area contributed by atoms with Crippen LogP contribution in [0.3, 0.4) is 0 Å². The van der Waals surface area contributed by atoms with Crippen molar-refractivity contribution in [1.29, 1.82) is 0 Å². The molecule has 3 rings (SSSR count). The van der Waals surface area contributed by atoms with Gasteiger partial charge >= 0.3 is 0 Å². The molecule has 0 aliphatic carbocycles. The van der Waals surface area contributed by atoms with E-state index < -0.39 is 21.8 Å². The normalized spacial score (nSPS) is 14.8. The lowest BCUT2D eigenvalue weighted by Gasteiger charge is -2.26. The van der Waals surface area contributed by atoms with Gasteiger partial charge in [-0.05, 0) is 55.3 Å². The summed E-state index contributed by atoms with van der Waals surface area (Å²) in [5.41, 5.74) is 5.10. The molecule has 0 saturated carbocycles. The van der Waals surface area contributed by atoms with Crippen LogP contribution >= 0.6 is 0 Å². The Hall–Kier alpha value is -2.91. The second-order valence-electron chi connectivity index (χ2n) is 6.63. The minimum atomic E-state index is -3.64. The van der Waals surface area contributed by atoms with Crippen LogP contribution in [0.2, 0.25) is 0 Å². The van der Waals surface area contributed by atoms with Crippen molar-refractivity contribution in [3.8, 4) is 5.75 Å². The minimum absolute atomic E-state index is 0.0635. The van der Waals surface area contributed by atoms with Crippen LogP contribution in [0.5, 0.6) is 5.75 Å². The molecule has 0 spiro atoms. The molecule has 2 aromatic carbocycles. The number of nitrogens with zero attached hydrogens (tertiary/aromatic N) is 1. The van der Waals surface area contributed by atoms with Gasteiger partial charge in [-0.3, -0.25) is 20.4 Å². The van der Waals surface area contributed by atoms with Gasteiger partial charge in [-0.2, -0.15) is 4.31 Å². The van der Waals surface area contributed by atoms with Crippen LogP contribution in [0.15, 0.2) is 53.4 Å². The van der Waals surface area contributed by atoms with E-state index in [-0.39, 0.29) is 10.5 Å². The number of nitrogens with one attached hydrogen (secondary N) is 2. The molecule has 1 aliphatic heterocycles. The molecule has 0 aromatic heterocycles. The summed E-state index contributed by atoms with van der Waals surface area (Å²) < 4.78 is 32.0. The molecule has 2 aromatic rings. The van der Waals surface area contributed by atoms with Gasteiger partial charge in [0.1, 0.15) is 5.75 Å². The summed E-state index contributed by atoms with van der Waals surface area (Å²) in [5.74, 6) is -0.502. The highest BCUT2D eigenvalue weighted by atomic mass is 32.2. The zero-order valence-corrected chi connectivity index (χ0v) is 16.9. The van der Waals surface area contributed by atoms with Gasteiger partial charge in [0.15, 0.2) is 0 Å². The van der Waals surface area contributed by atoms with Crippen molar-refractivity contribution in [2.45, 2.75) is 24.2 Å². The van der Waals surface area contributed by atoms with Gasteiger partial charge < -0.3 is 4.74 Å². The van der Waals surface area contributed by atoms with Crippen LogP contribution in [0.4, 0.5) is 0 Å². The van der Waals surface area contributed by atoms with Gasteiger partial charge in [-0.25, -0.2) is 8.42 Å². The monoisotopic (exact) mass is 417 g/mol. The van der Waals surface area contributed by atoms with Crippen molar-refractivity contribution in [2.24, 2.45) is 0 Å². The first kappa shape index (κ1) is 20.8. The summed E-state index contributed by atoms with van der Waals surface area (Å²) >= 11 is 0. The number of amides is 2. The fourth-order valence-corrected chi connectivity index (χ4v) is 4.62. The topological polar surface area (TPSA) is 105 Å². The number of carbonyl (C=O) groups is 2. The number of ether oxygens (including phenoxy) is 1. The molecule has 29 heavy (non-hydrogen) atoms. The van der Waals surface area contributed by atoms with E-state index in [2.05, 4.69) is 10.9 Å². The van der Waals surface area contributed by atoms with Crippen molar-refractivity contribution < 1.29 is 22.7 Å². The van der Waals surface area contributed by atoms with E-state index in [1.165, 1.54) is 35.7 Å². The van der Waals surface area contributed by atoms with Gasteiger partial charge in [0.25, 0.3) is 11.8 Å². The third-order valence-electron chi connectivity index (χ3n) is 4.69. The Bertz CT molecular complexity index is 983. The predicted molar refractivity (Wildman–Crippen MR) is 107 cm³/mol. The highest BCUT2D eigenvalue weighted by Gasteiger charge is 2.26. The molecule has 154 valence electrons. The summed E-state index contributed by atoms with van der Waals surface area (Å²) in [4.78, 5) is 24.6. The number of piperidine rings is 1. The molecule has 1 saturated heterocycles. The number of hydrazine groups is 1. The van der Waals surface area contributed by atoms with Crippen LogP contribution in [0.25, 0.3) is 0 Å². The van der Waals surface area contributed by atoms with E-state index in [9.17, 15) is 18.0 Å². The number of rotatable bonds is 5. The maximum absolute atomic E-state index is 12.8. The largest absolute Gasteiger partial charge is 0.497 e. The highest BCUT2D eigenvalue weighted by molar-refractivity contribution is 7.89. The number of hydrogen-bond donors (Lipinski definition) is 2. The van der Waals surface area contributed by atoms with E-state index >= 15 is 0 Å². The molecule has 1 heterocycles. The molecule has 0 unspecified atom stereocenters. The van der Waals surface area contributed by atoms with E-state index in [1.54, 1.807) is 24.3 Å². The van der Waals surface area contributed by atoms with Gasteiger partial charge in [-0.15, -0.1) is 0 Å². The number of hydrogen-bond acceptors (Lipinski definition) is 5. The van der Waals surface area contributed by atoms with E-state index in [1.807, 2.05) is 0 Å². The summed E-state index contributed by atoms with van der Waals surface area (Å²) in [6.45, 7) is 0.966. The second-order valence-corrected chi connectivity index (χ2v) is 8.57. The molecule has 2 amide bonds. The zero-order chi connectivity index (χ0) is 20.9. The molecular weight excluding hydrogens is 394 g/mol. The Morgan fingerprint density at radius 2 is 1.52 bits per heavy atom. The average molecular weight is 417 g/mol. The van der Waals surface area contributed by atoms with E-state index in [4.69, 9.17) is 4.74 Å². The Morgan fingerprint density at radius 3 is 2.14 bits per heavy atom. The van der Waals surface area contributed by atoms with Crippen molar-refractivity contribution in [2.75, 3.05) is 20.2 Å².